The molecule has 1 heterocycles. The van der Waals surface area contributed by atoms with E-state index in [1.54, 1.807) is 12.1 Å². The Labute approximate surface area is 125 Å². The van der Waals surface area contributed by atoms with Crippen LogP contribution in [0.2, 0.25) is 4.34 Å². The third-order valence-corrected chi connectivity index (χ3v) is 5.70. The second-order valence-corrected chi connectivity index (χ2v) is 7.97. The van der Waals surface area contributed by atoms with Gasteiger partial charge in [0.15, 0.2) is 0 Å². The number of thiophene rings is 1. The molecule has 0 saturated carbocycles. The van der Waals surface area contributed by atoms with Crippen molar-refractivity contribution < 1.29 is 12.8 Å². The minimum Gasteiger partial charge on any atom is -0.399 e. The Kier molecular flexibility index (Phi) is 4.33. The lowest BCUT2D eigenvalue weighted by molar-refractivity contribution is 0.462. The molecule has 2 rings (SSSR count). The number of anilines is 1. The van der Waals surface area contributed by atoms with Gasteiger partial charge < -0.3 is 5.73 Å². The van der Waals surface area contributed by atoms with Gasteiger partial charge in [-0.15, -0.1) is 11.3 Å². The second kappa shape index (κ2) is 5.69. The molecular formula is C12H12ClFN2O2S2. The van der Waals surface area contributed by atoms with Crippen molar-refractivity contribution in [1.29, 1.82) is 0 Å². The van der Waals surface area contributed by atoms with Crippen LogP contribution in [0.25, 0.3) is 0 Å². The van der Waals surface area contributed by atoms with Gasteiger partial charge in [-0.05, 0) is 30.3 Å². The normalized spacial score (nSPS) is 12.0. The van der Waals surface area contributed by atoms with Crippen molar-refractivity contribution in [2.24, 2.45) is 0 Å². The van der Waals surface area contributed by atoms with E-state index in [0.29, 0.717) is 4.34 Å². The molecule has 2 N–H and O–H groups in total. The minimum atomic E-state index is -3.91. The molecule has 2 aromatic rings. The van der Waals surface area contributed by atoms with Crippen molar-refractivity contribution in [3.05, 3.63) is 45.4 Å². The third-order valence-electron chi connectivity index (χ3n) is 2.65. The van der Waals surface area contributed by atoms with Crippen molar-refractivity contribution in [3.8, 4) is 0 Å². The lowest BCUT2D eigenvalue weighted by atomic mass is 10.3. The predicted octanol–water partition coefficient (Wildman–Crippen LogP) is 2.94. The highest BCUT2D eigenvalue weighted by Crippen LogP contribution is 2.26. The quantitative estimate of drug-likeness (QED) is 0.874. The van der Waals surface area contributed by atoms with Gasteiger partial charge in [0.2, 0.25) is 10.0 Å². The van der Waals surface area contributed by atoms with Gasteiger partial charge in [0, 0.05) is 24.2 Å². The molecule has 0 saturated heterocycles. The number of rotatable bonds is 4. The first-order valence-electron chi connectivity index (χ1n) is 5.56. The Bertz CT molecular complexity index is 731. The molecule has 1 aromatic heterocycles. The summed E-state index contributed by atoms with van der Waals surface area (Å²) < 4.78 is 40.0. The van der Waals surface area contributed by atoms with Crippen LogP contribution in [0.15, 0.2) is 35.2 Å². The van der Waals surface area contributed by atoms with Crippen LogP contribution in [-0.4, -0.2) is 19.8 Å². The van der Waals surface area contributed by atoms with Gasteiger partial charge >= 0.3 is 0 Å². The molecule has 0 aliphatic carbocycles. The number of nitrogens with zero attached hydrogens (tertiary/aromatic N) is 1. The lowest BCUT2D eigenvalue weighted by Crippen LogP contribution is -2.27. The van der Waals surface area contributed by atoms with Gasteiger partial charge in [-0.2, -0.15) is 4.31 Å². The average molecular weight is 335 g/mol. The number of hydrogen-bond donors (Lipinski definition) is 1. The topological polar surface area (TPSA) is 63.4 Å². The highest BCUT2D eigenvalue weighted by molar-refractivity contribution is 7.89. The van der Waals surface area contributed by atoms with E-state index in [1.165, 1.54) is 24.5 Å². The fraction of sp³-hybridized carbons (Fsp3) is 0.167. The summed E-state index contributed by atoms with van der Waals surface area (Å²) in [6.07, 6.45) is 0. The summed E-state index contributed by atoms with van der Waals surface area (Å²) >= 11 is 7.07. The van der Waals surface area contributed by atoms with Crippen LogP contribution in [0, 0.1) is 5.82 Å². The number of nitrogen functional groups attached to an aromatic ring is 1. The zero-order chi connectivity index (χ0) is 14.9. The Morgan fingerprint density at radius 2 is 2.05 bits per heavy atom. The second-order valence-electron chi connectivity index (χ2n) is 4.16. The zero-order valence-corrected chi connectivity index (χ0v) is 12.9. The first kappa shape index (κ1) is 15.2. The summed E-state index contributed by atoms with van der Waals surface area (Å²) in [7, 11) is -2.52. The van der Waals surface area contributed by atoms with Crippen molar-refractivity contribution in [2.45, 2.75) is 11.4 Å². The molecule has 0 unspecified atom stereocenters. The third kappa shape index (κ3) is 3.12. The number of halogens is 2. The molecule has 0 aliphatic heterocycles. The first-order valence-corrected chi connectivity index (χ1v) is 8.20. The van der Waals surface area contributed by atoms with Gasteiger partial charge in [0.1, 0.15) is 10.7 Å². The van der Waals surface area contributed by atoms with Gasteiger partial charge in [-0.25, -0.2) is 12.8 Å². The number of nitrogens with two attached hydrogens (primary N) is 1. The van der Waals surface area contributed by atoms with Gasteiger partial charge in [0.05, 0.1) is 4.34 Å². The average Bonchev–Trinajstić information content (AvgIpc) is 2.74. The SMILES string of the molecule is CN(Cc1ccc(Cl)s1)S(=O)(=O)c1ccc(N)cc1F. The van der Waals surface area contributed by atoms with Crippen LogP contribution in [0.1, 0.15) is 4.88 Å². The van der Waals surface area contributed by atoms with E-state index < -0.39 is 20.7 Å². The van der Waals surface area contributed by atoms with Crippen molar-refractivity contribution in [2.75, 3.05) is 12.8 Å². The Morgan fingerprint density at radius 1 is 1.35 bits per heavy atom. The molecular weight excluding hydrogens is 323 g/mol. The first-order chi connectivity index (χ1) is 9.30. The highest BCUT2D eigenvalue weighted by atomic mass is 35.5. The van der Waals surface area contributed by atoms with Gasteiger partial charge in [0.25, 0.3) is 0 Å². The molecule has 0 radical (unpaired) electrons. The van der Waals surface area contributed by atoms with Crippen LogP contribution in [0.3, 0.4) is 0 Å². The maximum absolute atomic E-state index is 13.7. The Morgan fingerprint density at radius 3 is 2.60 bits per heavy atom. The van der Waals surface area contributed by atoms with Crippen molar-refractivity contribution in [1.82, 2.24) is 4.31 Å². The maximum Gasteiger partial charge on any atom is 0.246 e. The fourth-order valence-corrected chi connectivity index (χ4v) is 4.05. The van der Waals surface area contributed by atoms with E-state index in [0.717, 1.165) is 21.3 Å². The maximum atomic E-state index is 13.7. The fourth-order valence-electron chi connectivity index (χ4n) is 1.64. The van der Waals surface area contributed by atoms with E-state index in [1.807, 2.05) is 0 Å². The molecule has 20 heavy (non-hydrogen) atoms. The molecule has 0 aliphatic rings. The molecule has 0 spiro atoms. The van der Waals surface area contributed by atoms with E-state index in [2.05, 4.69) is 0 Å². The summed E-state index contributed by atoms with van der Waals surface area (Å²) in [6, 6.07) is 6.93. The molecule has 108 valence electrons. The van der Waals surface area contributed by atoms with E-state index >= 15 is 0 Å². The standard InChI is InChI=1S/C12H12ClFN2O2S2/c1-16(7-9-3-5-12(13)19-9)20(17,18)11-4-2-8(15)6-10(11)14/h2-6H,7,15H2,1H3. The Balaban J connectivity index is 2.29. The summed E-state index contributed by atoms with van der Waals surface area (Å²) in [5, 5.41) is 0. The summed E-state index contributed by atoms with van der Waals surface area (Å²) in [4.78, 5) is 0.383. The number of hydrogen-bond acceptors (Lipinski definition) is 4. The van der Waals surface area contributed by atoms with Crippen LogP contribution in [0.4, 0.5) is 10.1 Å². The van der Waals surface area contributed by atoms with Crippen LogP contribution >= 0.6 is 22.9 Å². The summed E-state index contributed by atoms with van der Waals surface area (Å²) in [5.74, 6) is -0.860. The molecule has 0 fully saturated rings. The molecule has 4 nitrogen and oxygen atoms in total. The van der Waals surface area contributed by atoms with E-state index in [9.17, 15) is 12.8 Å². The van der Waals surface area contributed by atoms with Crippen LogP contribution in [0.5, 0.6) is 0 Å². The smallest absolute Gasteiger partial charge is 0.246 e. The van der Waals surface area contributed by atoms with Crippen LogP contribution < -0.4 is 5.73 Å². The molecule has 0 bridgehead atoms. The van der Waals surface area contributed by atoms with Crippen LogP contribution in [-0.2, 0) is 16.6 Å². The monoisotopic (exact) mass is 334 g/mol. The van der Waals surface area contributed by atoms with E-state index in [-0.39, 0.29) is 12.2 Å². The highest BCUT2D eigenvalue weighted by Gasteiger charge is 2.25. The molecule has 0 amide bonds. The minimum absolute atomic E-state index is 0.129. The molecule has 0 atom stereocenters. The summed E-state index contributed by atoms with van der Waals surface area (Å²) in [6.45, 7) is 0.129. The van der Waals surface area contributed by atoms with Crippen molar-refractivity contribution >= 4 is 38.6 Å². The van der Waals surface area contributed by atoms with Crippen molar-refractivity contribution in [3.63, 3.8) is 0 Å². The lowest BCUT2D eigenvalue weighted by Gasteiger charge is -2.16. The van der Waals surface area contributed by atoms with Gasteiger partial charge in [-0.1, -0.05) is 11.6 Å². The predicted molar refractivity (Wildman–Crippen MR) is 78.8 cm³/mol. The Hall–Kier alpha value is -1.15. The largest absolute Gasteiger partial charge is 0.399 e. The zero-order valence-electron chi connectivity index (χ0n) is 10.5. The molecule has 1 aromatic carbocycles. The molecule has 8 heteroatoms. The number of benzene rings is 1. The van der Waals surface area contributed by atoms with E-state index in [4.69, 9.17) is 17.3 Å². The van der Waals surface area contributed by atoms with Gasteiger partial charge in [-0.3, -0.25) is 0 Å². The summed E-state index contributed by atoms with van der Waals surface area (Å²) in [5.41, 5.74) is 5.59. The number of sulfonamides is 1.